The first-order valence-corrected chi connectivity index (χ1v) is 5.60. The van der Waals surface area contributed by atoms with E-state index in [1.54, 1.807) is 13.4 Å². The van der Waals surface area contributed by atoms with Crippen molar-refractivity contribution in [2.45, 2.75) is 32.6 Å². The van der Waals surface area contributed by atoms with Gasteiger partial charge >= 0.3 is 0 Å². The highest BCUT2D eigenvalue weighted by Gasteiger charge is 2.08. The molecule has 2 unspecified atom stereocenters. The Bertz CT molecular complexity index is 261. The molecule has 4 heteroatoms. The van der Waals surface area contributed by atoms with Crippen LogP contribution < -0.4 is 5.32 Å². The molecule has 0 amide bonds. The monoisotopic (exact) mass is 227 g/mol. The van der Waals surface area contributed by atoms with Gasteiger partial charge in [-0.2, -0.15) is 0 Å². The van der Waals surface area contributed by atoms with Crippen LogP contribution in [0.5, 0.6) is 0 Å². The summed E-state index contributed by atoms with van der Waals surface area (Å²) < 4.78 is 15.9. The zero-order valence-electron chi connectivity index (χ0n) is 10.2. The Balaban J connectivity index is 2.08. The first-order valence-electron chi connectivity index (χ1n) is 5.60. The molecule has 0 aliphatic rings. The van der Waals surface area contributed by atoms with Crippen LogP contribution in [0.1, 0.15) is 19.6 Å². The summed E-state index contributed by atoms with van der Waals surface area (Å²) in [5.41, 5.74) is 0. The topological polar surface area (TPSA) is 43.6 Å². The fourth-order valence-corrected chi connectivity index (χ4v) is 1.53. The summed E-state index contributed by atoms with van der Waals surface area (Å²) in [6, 6.07) is 3.84. The van der Waals surface area contributed by atoms with Crippen molar-refractivity contribution in [3.8, 4) is 0 Å². The molecule has 0 fully saturated rings. The minimum absolute atomic E-state index is 0.130. The molecule has 1 aromatic heterocycles. The molecule has 0 aliphatic heterocycles. The van der Waals surface area contributed by atoms with E-state index in [1.165, 1.54) is 0 Å². The van der Waals surface area contributed by atoms with Crippen molar-refractivity contribution >= 4 is 0 Å². The third kappa shape index (κ3) is 5.30. The van der Waals surface area contributed by atoms with Crippen LogP contribution in [-0.2, 0) is 16.0 Å². The highest BCUT2D eigenvalue weighted by molar-refractivity contribution is 4.97. The van der Waals surface area contributed by atoms with Crippen LogP contribution in [0.25, 0.3) is 0 Å². The second kappa shape index (κ2) is 7.44. The lowest BCUT2D eigenvalue weighted by Crippen LogP contribution is -2.30. The molecule has 4 nitrogen and oxygen atoms in total. The van der Waals surface area contributed by atoms with Crippen molar-refractivity contribution < 1.29 is 13.9 Å². The van der Waals surface area contributed by atoms with Crippen LogP contribution in [0, 0.1) is 0 Å². The molecule has 0 radical (unpaired) electrons. The number of rotatable bonds is 8. The van der Waals surface area contributed by atoms with E-state index in [1.807, 2.05) is 26.0 Å². The van der Waals surface area contributed by atoms with Gasteiger partial charge in [0.05, 0.1) is 31.6 Å². The number of hydrogen-bond acceptors (Lipinski definition) is 4. The largest absolute Gasteiger partial charge is 0.468 e. The smallest absolute Gasteiger partial charge is 0.117 e. The van der Waals surface area contributed by atoms with Crippen LogP contribution >= 0.6 is 0 Å². The molecular weight excluding hydrogens is 206 g/mol. The van der Waals surface area contributed by atoms with Crippen LogP contribution in [0.2, 0.25) is 0 Å². The zero-order chi connectivity index (χ0) is 11.8. The van der Waals surface area contributed by atoms with Gasteiger partial charge in [0.1, 0.15) is 5.76 Å². The Labute approximate surface area is 96.9 Å². The number of ether oxygens (including phenoxy) is 2. The fraction of sp³-hybridized carbons (Fsp3) is 0.667. The van der Waals surface area contributed by atoms with Crippen LogP contribution in [-0.4, -0.2) is 32.5 Å². The number of furan rings is 1. The van der Waals surface area contributed by atoms with E-state index in [4.69, 9.17) is 13.9 Å². The van der Waals surface area contributed by atoms with E-state index >= 15 is 0 Å². The first-order chi connectivity index (χ1) is 7.72. The Hall–Kier alpha value is -0.840. The molecule has 16 heavy (non-hydrogen) atoms. The van der Waals surface area contributed by atoms with Gasteiger partial charge in [0, 0.05) is 13.7 Å². The van der Waals surface area contributed by atoms with Gasteiger partial charge in [0.25, 0.3) is 0 Å². The lowest BCUT2D eigenvalue weighted by atomic mass is 10.3. The van der Waals surface area contributed by atoms with E-state index in [9.17, 15) is 0 Å². The standard InChI is InChI=1S/C12H21NO3/c1-10(16-11(2)9-14-3)7-13-8-12-5-4-6-15-12/h4-6,10-11,13H,7-9H2,1-3H3. The Morgan fingerprint density at radius 2 is 2.19 bits per heavy atom. The van der Waals surface area contributed by atoms with E-state index < -0.39 is 0 Å². The summed E-state index contributed by atoms with van der Waals surface area (Å²) in [5.74, 6) is 0.942. The Morgan fingerprint density at radius 3 is 2.81 bits per heavy atom. The Morgan fingerprint density at radius 1 is 1.38 bits per heavy atom. The average Bonchev–Trinajstić information content (AvgIpc) is 2.70. The quantitative estimate of drug-likeness (QED) is 0.735. The van der Waals surface area contributed by atoms with Gasteiger partial charge in [-0.25, -0.2) is 0 Å². The van der Waals surface area contributed by atoms with Crippen molar-refractivity contribution in [2.75, 3.05) is 20.3 Å². The van der Waals surface area contributed by atoms with Crippen LogP contribution in [0.4, 0.5) is 0 Å². The molecule has 1 N–H and O–H groups in total. The highest BCUT2D eigenvalue weighted by Crippen LogP contribution is 2.00. The predicted molar refractivity (Wildman–Crippen MR) is 62.3 cm³/mol. The molecule has 2 atom stereocenters. The van der Waals surface area contributed by atoms with Gasteiger partial charge in [0.15, 0.2) is 0 Å². The summed E-state index contributed by atoms with van der Waals surface area (Å²) in [7, 11) is 1.68. The molecule has 0 aliphatic carbocycles. The molecule has 0 saturated carbocycles. The van der Waals surface area contributed by atoms with Crippen molar-refractivity contribution in [1.29, 1.82) is 0 Å². The molecule has 92 valence electrons. The number of methoxy groups -OCH3 is 1. The van der Waals surface area contributed by atoms with Gasteiger partial charge in [0.2, 0.25) is 0 Å². The third-order valence-corrected chi connectivity index (χ3v) is 2.18. The van der Waals surface area contributed by atoms with Crippen molar-refractivity contribution in [3.63, 3.8) is 0 Å². The Kier molecular flexibility index (Phi) is 6.15. The molecule has 1 aromatic rings. The highest BCUT2D eigenvalue weighted by atomic mass is 16.5. The van der Waals surface area contributed by atoms with Gasteiger partial charge in [-0.3, -0.25) is 0 Å². The van der Waals surface area contributed by atoms with E-state index in [0.717, 1.165) is 18.8 Å². The van der Waals surface area contributed by atoms with Crippen molar-refractivity contribution in [3.05, 3.63) is 24.2 Å². The zero-order valence-corrected chi connectivity index (χ0v) is 10.2. The van der Waals surface area contributed by atoms with Crippen molar-refractivity contribution in [2.24, 2.45) is 0 Å². The first kappa shape index (κ1) is 13.2. The van der Waals surface area contributed by atoms with Crippen LogP contribution in [0.3, 0.4) is 0 Å². The number of nitrogens with one attached hydrogen (secondary N) is 1. The van der Waals surface area contributed by atoms with Gasteiger partial charge < -0.3 is 19.2 Å². The lowest BCUT2D eigenvalue weighted by molar-refractivity contribution is -0.0302. The lowest BCUT2D eigenvalue weighted by Gasteiger charge is -2.18. The van der Waals surface area contributed by atoms with Gasteiger partial charge in [-0.1, -0.05) is 0 Å². The average molecular weight is 227 g/mol. The van der Waals surface area contributed by atoms with Crippen LogP contribution in [0.15, 0.2) is 22.8 Å². The summed E-state index contributed by atoms with van der Waals surface area (Å²) >= 11 is 0. The summed E-state index contributed by atoms with van der Waals surface area (Å²) in [6.45, 7) is 6.21. The normalized spacial score (nSPS) is 14.9. The van der Waals surface area contributed by atoms with Crippen molar-refractivity contribution in [1.82, 2.24) is 5.32 Å². The summed E-state index contributed by atoms with van der Waals surface area (Å²) in [4.78, 5) is 0. The minimum atomic E-state index is 0.130. The maximum atomic E-state index is 5.69. The second-order valence-electron chi connectivity index (χ2n) is 3.92. The maximum Gasteiger partial charge on any atom is 0.117 e. The molecule has 0 bridgehead atoms. The SMILES string of the molecule is COCC(C)OC(C)CNCc1ccco1. The van der Waals surface area contributed by atoms with E-state index in [-0.39, 0.29) is 12.2 Å². The minimum Gasteiger partial charge on any atom is -0.468 e. The molecule has 1 heterocycles. The fourth-order valence-electron chi connectivity index (χ4n) is 1.53. The molecular formula is C12H21NO3. The van der Waals surface area contributed by atoms with E-state index in [0.29, 0.717) is 6.61 Å². The summed E-state index contributed by atoms with van der Waals surface area (Å²) in [5, 5.41) is 3.28. The van der Waals surface area contributed by atoms with Gasteiger partial charge in [-0.05, 0) is 26.0 Å². The second-order valence-corrected chi connectivity index (χ2v) is 3.92. The van der Waals surface area contributed by atoms with Gasteiger partial charge in [-0.15, -0.1) is 0 Å². The molecule has 0 spiro atoms. The molecule has 0 aromatic carbocycles. The predicted octanol–water partition coefficient (Wildman–Crippen LogP) is 1.81. The molecule has 0 saturated heterocycles. The number of hydrogen-bond donors (Lipinski definition) is 1. The van der Waals surface area contributed by atoms with E-state index in [2.05, 4.69) is 5.32 Å². The summed E-state index contributed by atoms with van der Waals surface area (Å²) in [6.07, 6.45) is 1.97. The molecule has 1 rings (SSSR count). The maximum absolute atomic E-state index is 5.69. The third-order valence-electron chi connectivity index (χ3n) is 2.18.